The Bertz CT molecular complexity index is 829. The molecule has 0 atom stereocenters. The lowest BCUT2D eigenvalue weighted by Gasteiger charge is -2.15. The summed E-state index contributed by atoms with van der Waals surface area (Å²) < 4.78 is 10.3. The van der Waals surface area contributed by atoms with Gasteiger partial charge in [-0.3, -0.25) is 0 Å². The maximum Gasteiger partial charge on any atom is 0.342 e. The molecule has 26 heavy (non-hydrogen) atoms. The Morgan fingerprint density at radius 1 is 1.12 bits per heavy atom. The topological polar surface area (TPSA) is 55.8 Å². The Kier molecular flexibility index (Phi) is 6.61. The van der Waals surface area contributed by atoms with E-state index in [1.165, 1.54) is 7.11 Å². The predicted molar refractivity (Wildman–Crippen MR) is 105 cm³/mol. The number of methoxy groups -OCH3 is 2. The zero-order chi connectivity index (χ0) is 19.1. The number of aromatic hydroxyl groups is 1. The Morgan fingerprint density at radius 2 is 1.81 bits per heavy atom. The molecule has 0 spiro atoms. The van der Waals surface area contributed by atoms with Crippen molar-refractivity contribution in [2.75, 3.05) is 14.2 Å². The van der Waals surface area contributed by atoms with Crippen LogP contribution in [0.3, 0.4) is 0 Å². The lowest BCUT2D eigenvalue weighted by atomic mass is 9.97. The van der Waals surface area contributed by atoms with Crippen LogP contribution in [-0.2, 0) is 11.2 Å². The minimum atomic E-state index is -0.587. The second kappa shape index (κ2) is 8.90. The summed E-state index contributed by atoms with van der Waals surface area (Å²) >= 11 is 0. The molecular formula is C22H24O4. The summed E-state index contributed by atoms with van der Waals surface area (Å²) in [6, 6.07) is 11.5. The Labute approximate surface area is 154 Å². The first-order valence-electron chi connectivity index (χ1n) is 8.35. The van der Waals surface area contributed by atoms with E-state index in [1.54, 1.807) is 19.3 Å². The van der Waals surface area contributed by atoms with Crippen molar-refractivity contribution in [3.63, 3.8) is 0 Å². The number of esters is 1. The van der Waals surface area contributed by atoms with E-state index in [-0.39, 0.29) is 11.3 Å². The van der Waals surface area contributed by atoms with Crippen LogP contribution in [0.15, 0.2) is 48.0 Å². The molecular weight excluding hydrogens is 328 g/mol. The highest BCUT2D eigenvalue weighted by atomic mass is 16.5. The number of hydrogen-bond donors (Lipinski definition) is 1. The molecule has 2 rings (SSSR count). The van der Waals surface area contributed by atoms with Crippen molar-refractivity contribution in [2.45, 2.75) is 20.3 Å². The molecule has 136 valence electrons. The van der Waals surface area contributed by atoms with Gasteiger partial charge in [-0.05, 0) is 37.5 Å². The normalized spacial score (nSPS) is 10.6. The first-order chi connectivity index (χ1) is 12.5. The number of phenols is 1. The van der Waals surface area contributed by atoms with E-state index in [0.717, 1.165) is 11.1 Å². The van der Waals surface area contributed by atoms with E-state index in [1.807, 2.05) is 56.3 Å². The van der Waals surface area contributed by atoms with Gasteiger partial charge in [0.1, 0.15) is 17.1 Å². The van der Waals surface area contributed by atoms with Gasteiger partial charge in [0.15, 0.2) is 0 Å². The van der Waals surface area contributed by atoms with Crippen LogP contribution in [0.5, 0.6) is 11.5 Å². The monoisotopic (exact) mass is 352 g/mol. The smallest absolute Gasteiger partial charge is 0.342 e. The minimum absolute atomic E-state index is 0.110. The van der Waals surface area contributed by atoms with E-state index in [0.29, 0.717) is 23.3 Å². The summed E-state index contributed by atoms with van der Waals surface area (Å²) in [6.07, 6.45) is 6.08. The van der Waals surface area contributed by atoms with Crippen LogP contribution in [-0.4, -0.2) is 25.3 Å². The standard InChI is InChI=1S/C22H24O4/c1-15(2)10-13-18-19(25-3)14-17(20(21(18)23)22(24)26-4)12-11-16-8-6-5-7-9-16/h5-12,14,23H,13H2,1-4H3/b12-11-. The lowest BCUT2D eigenvalue weighted by Crippen LogP contribution is -2.07. The van der Waals surface area contributed by atoms with Crippen LogP contribution in [0, 0.1) is 0 Å². The minimum Gasteiger partial charge on any atom is -0.507 e. The largest absolute Gasteiger partial charge is 0.507 e. The van der Waals surface area contributed by atoms with Gasteiger partial charge in [-0.1, -0.05) is 54.1 Å². The van der Waals surface area contributed by atoms with Gasteiger partial charge < -0.3 is 14.6 Å². The molecule has 0 unspecified atom stereocenters. The molecule has 0 aliphatic heterocycles. The highest BCUT2D eigenvalue weighted by Gasteiger charge is 2.22. The average molecular weight is 352 g/mol. The van der Waals surface area contributed by atoms with E-state index in [2.05, 4.69) is 0 Å². The number of carbonyl (C=O) groups is 1. The van der Waals surface area contributed by atoms with E-state index in [9.17, 15) is 9.90 Å². The van der Waals surface area contributed by atoms with E-state index in [4.69, 9.17) is 9.47 Å². The Balaban J connectivity index is 2.59. The molecule has 0 saturated heterocycles. The second-order valence-electron chi connectivity index (χ2n) is 6.09. The number of rotatable bonds is 6. The van der Waals surface area contributed by atoms with Crippen molar-refractivity contribution in [1.82, 2.24) is 0 Å². The Morgan fingerprint density at radius 3 is 2.38 bits per heavy atom. The summed E-state index contributed by atoms with van der Waals surface area (Å²) in [5.74, 6) is -0.168. The van der Waals surface area contributed by atoms with E-state index >= 15 is 0 Å². The zero-order valence-corrected chi connectivity index (χ0v) is 15.6. The quantitative estimate of drug-likeness (QED) is 0.458. The van der Waals surface area contributed by atoms with Crippen LogP contribution >= 0.6 is 0 Å². The van der Waals surface area contributed by atoms with Gasteiger partial charge in [-0.15, -0.1) is 0 Å². The van der Waals surface area contributed by atoms with Crippen molar-refractivity contribution < 1.29 is 19.4 Å². The molecule has 0 aliphatic carbocycles. The molecule has 2 aromatic rings. The molecule has 0 amide bonds. The van der Waals surface area contributed by atoms with Gasteiger partial charge in [-0.2, -0.15) is 0 Å². The molecule has 0 aliphatic rings. The summed E-state index contributed by atoms with van der Waals surface area (Å²) in [4.78, 5) is 12.3. The number of hydrogen-bond acceptors (Lipinski definition) is 4. The van der Waals surface area contributed by atoms with Gasteiger partial charge in [0.2, 0.25) is 0 Å². The number of allylic oxidation sites excluding steroid dienone is 2. The van der Waals surface area contributed by atoms with Gasteiger partial charge in [0.05, 0.1) is 14.2 Å². The fourth-order valence-corrected chi connectivity index (χ4v) is 2.59. The van der Waals surface area contributed by atoms with Crippen LogP contribution in [0.1, 0.15) is 40.9 Å². The zero-order valence-electron chi connectivity index (χ0n) is 15.6. The molecule has 4 nitrogen and oxygen atoms in total. The molecule has 0 radical (unpaired) electrons. The van der Waals surface area contributed by atoms with Gasteiger partial charge >= 0.3 is 5.97 Å². The van der Waals surface area contributed by atoms with Crippen molar-refractivity contribution in [1.29, 1.82) is 0 Å². The first kappa shape index (κ1) is 19.3. The Hall–Kier alpha value is -3.01. The number of carbonyl (C=O) groups excluding carboxylic acids is 1. The molecule has 4 heteroatoms. The van der Waals surface area contributed by atoms with Crippen molar-refractivity contribution in [3.8, 4) is 11.5 Å². The summed E-state index contributed by atoms with van der Waals surface area (Å²) in [5, 5.41) is 10.7. The molecule has 2 aromatic carbocycles. The predicted octanol–water partition coefficient (Wildman–Crippen LogP) is 4.87. The first-order valence-corrected chi connectivity index (χ1v) is 8.35. The molecule has 0 saturated carbocycles. The maximum absolute atomic E-state index is 12.3. The summed E-state index contributed by atoms with van der Waals surface area (Å²) in [5.41, 5.74) is 3.33. The van der Waals surface area contributed by atoms with E-state index < -0.39 is 5.97 Å². The van der Waals surface area contributed by atoms with Crippen LogP contribution in [0.25, 0.3) is 12.2 Å². The fourth-order valence-electron chi connectivity index (χ4n) is 2.59. The number of benzene rings is 2. The molecule has 0 aromatic heterocycles. The third kappa shape index (κ3) is 4.54. The third-order valence-corrected chi connectivity index (χ3v) is 3.97. The van der Waals surface area contributed by atoms with Gasteiger partial charge in [-0.25, -0.2) is 4.79 Å². The fraction of sp³-hybridized carbons (Fsp3) is 0.227. The van der Waals surface area contributed by atoms with Crippen molar-refractivity contribution in [2.24, 2.45) is 0 Å². The van der Waals surface area contributed by atoms with Crippen LogP contribution in [0.4, 0.5) is 0 Å². The van der Waals surface area contributed by atoms with Gasteiger partial charge in [0.25, 0.3) is 0 Å². The summed E-state index contributed by atoms with van der Waals surface area (Å²) in [7, 11) is 2.84. The third-order valence-electron chi connectivity index (χ3n) is 3.97. The maximum atomic E-state index is 12.3. The van der Waals surface area contributed by atoms with Crippen molar-refractivity contribution in [3.05, 3.63) is 70.3 Å². The SMILES string of the molecule is COC(=O)c1c(/C=C\c2ccccc2)cc(OC)c(CC=C(C)C)c1O. The number of ether oxygens (including phenoxy) is 2. The molecule has 1 N–H and O–H groups in total. The van der Waals surface area contributed by atoms with Crippen molar-refractivity contribution >= 4 is 18.1 Å². The van der Waals surface area contributed by atoms with Gasteiger partial charge in [0, 0.05) is 5.56 Å². The molecule has 0 fully saturated rings. The van der Waals surface area contributed by atoms with Crippen LogP contribution in [0.2, 0.25) is 0 Å². The average Bonchev–Trinajstić information content (AvgIpc) is 2.65. The highest BCUT2D eigenvalue weighted by Crippen LogP contribution is 2.36. The molecule has 0 heterocycles. The summed E-state index contributed by atoms with van der Waals surface area (Å²) in [6.45, 7) is 3.95. The van der Waals surface area contributed by atoms with Crippen LogP contribution < -0.4 is 4.74 Å². The lowest BCUT2D eigenvalue weighted by molar-refractivity contribution is 0.0597. The second-order valence-corrected chi connectivity index (χ2v) is 6.09. The molecule has 0 bridgehead atoms. The highest BCUT2D eigenvalue weighted by molar-refractivity contribution is 5.98. The number of phenolic OH excluding ortho intramolecular Hbond substituents is 1.